The van der Waals surface area contributed by atoms with E-state index >= 15 is 0 Å². The average molecular weight is 321 g/mol. The fourth-order valence-corrected chi connectivity index (χ4v) is 3.73. The summed E-state index contributed by atoms with van der Waals surface area (Å²) in [5.74, 6) is 1.84. The molecule has 0 aromatic heterocycles. The van der Waals surface area contributed by atoms with E-state index < -0.39 is 0 Å². The minimum Gasteiger partial charge on any atom is -0.382 e. The predicted octanol–water partition coefficient (Wildman–Crippen LogP) is 4.41. The second-order valence-electron chi connectivity index (χ2n) is 5.49. The normalized spacial score (nSPS) is 28.5. The van der Waals surface area contributed by atoms with Crippen molar-refractivity contribution in [3.8, 4) is 0 Å². The molecule has 1 aliphatic rings. The molecule has 1 rings (SSSR count). The minimum absolute atomic E-state index is 0.711. The van der Waals surface area contributed by atoms with Gasteiger partial charge in [0.1, 0.15) is 0 Å². The lowest BCUT2D eigenvalue weighted by molar-refractivity contribution is 0.0660. The fraction of sp³-hybridized carbons (Fsp3) is 1.00. The zero-order chi connectivity index (χ0) is 13.2. The summed E-state index contributed by atoms with van der Waals surface area (Å²) in [6.45, 7) is 4.64. The topological polar surface area (TPSA) is 18.5 Å². The Kier molecular flexibility index (Phi) is 9.34. The molecule has 0 aromatic rings. The minimum atomic E-state index is 0.711. The van der Waals surface area contributed by atoms with Crippen molar-refractivity contribution < 1.29 is 9.47 Å². The molecule has 3 atom stereocenters. The van der Waals surface area contributed by atoms with Crippen molar-refractivity contribution >= 4 is 15.9 Å². The lowest BCUT2D eigenvalue weighted by Gasteiger charge is -2.33. The quantitative estimate of drug-likeness (QED) is 0.463. The van der Waals surface area contributed by atoms with Crippen molar-refractivity contribution in [1.82, 2.24) is 0 Å². The number of alkyl halides is 1. The molecule has 0 heterocycles. The second-order valence-corrected chi connectivity index (χ2v) is 6.67. The third kappa shape index (κ3) is 6.53. The van der Waals surface area contributed by atoms with E-state index in [0.29, 0.717) is 6.61 Å². The Labute approximate surface area is 121 Å². The third-order valence-electron chi connectivity index (χ3n) is 3.99. The van der Waals surface area contributed by atoms with Crippen LogP contribution in [0.5, 0.6) is 0 Å². The summed E-state index contributed by atoms with van der Waals surface area (Å²) in [5.41, 5.74) is 0. The molecule has 3 unspecified atom stereocenters. The van der Waals surface area contributed by atoms with Gasteiger partial charge < -0.3 is 9.47 Å². The summed E-state index contributed by atoms with van der Waals surface area (Å²) in [6, 6.07) is 0. The highest BCUT2D eigenvalue weighted by Crippen LogP contribution is 2.38. The van der Waals surface area contributed by atoms with Gasteiger partial charge in [-0.05, 0) is 43.9 Å². The maximum atomic E-state index is 5.53. The van der Waals surface area contributed by atoms with Crippen LogP contribution in [0, 0.1) is 11.8 Å². The van der Waals surface area contributed by atoms with Crippen LogP contribution < -0.4 is 0 Å². The first-order valence-corrected chi connectivity index (χ1v) is 8.40. The van der Waals surface area contributed by atoms with Crippen molar-refractivity contribution in [3.63, 3.8) is 0 Å². The molecule has 0 N–H and O–H groups in total. The summed E-state index contributed by atoms with van der Waals surface area (Å²) in [5, 5.41) is 0. The van der Waals surface area contributed by atoms with E-state index in [-0.39, 0.29) is 0 Å². The fourth-order valence-electron chi connectivity index (χ4n) is 2.99. The molecule has 1 saturated carbocycles. The largest absolute Gasteiger partial charge is 0.382 e. The van der Waals surface area contributed by atoms with Gasteiger partial charge in [-0.3, -0.25) is 0 Å². The molecule has 0 amide bonds. The Morgan fingerprint density at radius 2 is 1.94 bits per heavy atom. The van der Waals surface area contributed by atoms with E-state index in [1.807, 2.05) is 0 Å². The van der Waals surface area contributed by atoms with Crippen LogP contribution >= 0.6 is 15.9 Å². The van der Waals surface area contributed by atoms with E-state index in [1.54, 1.807) is 7.11 Å². The highest BCUT2D eigenvalue weighted by atomic mass is 79.9. The molecule has 18 heavy (non-hydrogen) atoms. The van der Waals surface area contributed by atoms with Gasteiger partial charge in [0.2, 0.25) is 0 Å². The summed E-state index contributed by atoms with van der Waals surface area (Å²) < 4.78 is 10.5. The van der Waals surface area contributed by atoms with Crippen LogP contribution in [0.3, 0.4) is 0 Å². The zero-order valence-electron chi connectivity index (χ0n) is 12.0. The van der Waals surface area contributed by atoms with Crippen molar-refractivity contribution in [2.45, 2.75) is 56.7 Å². The molecule has 1 aliphatic carbocycles. The smallest absolute Gasteiger partial charge is 0.0700 e. The summed E-state index contributed by atoms with van der Waals surface area (Å²) in [4.78, 5) is 0.740. The maximum absolute atomic E-state index is 5.53. The third-order valence-corrected chi connectivity index (χ3v) is 5.20. The number of hydrogen-bond donors (Lipinski definition) is 0. The van der Waals surface area contributed by atoms with Gasteiger partial charge in [-0.25, -0.2) is 0 Å². The van der Waals surface area contributed by atoms with Crippen molar-refractivity contribution in [2.75, 3.05) is 26.9 Å². The summed E-state index contributed by atoms with van der Waals surface area (Å²) in [6.07, 6.45) is 9.45. The van der Waals surface area contributed by atoms with Crippen LogP contribution in [0.15, 0.2) is 0 Å². The number of methoxy groups -OCH3 is 1. The summed E-state index contributed by atoms with van der Waals surface area (Å²) in [7, 11) is 1.72. The van der Waals surface area contributed by atoms with Crippen LogP contribution in [-0.2, 0) is 9.47 Å². The average Bonchev–Trinajstić information content (AvgIpc) is 2.37. The predicted molar refractivity (Wildman–Crippen MR) is 80.4 cm³/mol. The molecule has 0 radical (unpaired) electrons. The van der Waals surface area contributed by atoms with Gasteiger partial charge in [-0.15, -0.1) is 0 Å². The molecule has 0 spiro atoms. The molecular weight excluding hydrogens is 292 g/mol. The standard InChI is InChI=1S/C15H29BrO2/c1-3-5-13-7-8-15(16)14(12-13)6-4-9-18-11-10-17-2/h13-15H,3-12H2,1-2H3. The van der Waals surface area contributed by atoms with Gasteiger partial charge in [-0.2, -0.15) is 0 Å². The van der Waals surface area contributed by atoms with Crippen molar-refractivity contribution in [3.05, 3.63) is 0 Å². The molecule has 0 aromatic carbocycles. The SMILES string of the molecule is CCCC1CCC(Br)C(CCCOCCOC)C1. The van der Waals surface area contributed by atoms with E-state index in [9.17, 15) is 0 Å². The zero-order valence-corrected chi connectivity index (χ0v) is 13.6. The van der Waals surface area contributed by atoms with E-state index in [2.05, 4.69) is 22.9 Å². The van der Waals surface area contributed by atoms with Gasteiger partial charge in [0.15, 0.2) is 0 Å². The molecule has 0 saturated heterocycles. The lowest BCUT2D eigenvalue weighted by atomic mass is 9.77. The molecule has 1 fully saturated rings. The number of hydrogen-bond acceptors (Lipinski definition) is 2. The Morgan fingerprint density at radius 1 is 1.11 bits per heavy atom. The van der Waals surface area contributed by atoms with Crippen LogP contribution in [0.4, 0.5) is 0 Å². The monoisotopic (exact) mass is 320 g/mol. The molecular formula is C15H29BrO2. The van der Waals surface area contributed by atoms with Gasteiger partial charge in [0.25, 0.3) is 0 Å². The molecule has 108 valence electrons. The van der Waals surface area contributed by atoms with Crippen LogP contribution in [-0.4, -0.2) is 31.8 Å². The Hall–Kier alpha value is 0.400. The van der Waals surface area contributed by atoms with Crippen molar-refractivity contribution in [2.24, 2.45) is 11.8 Å². The first-order chi connectivity index (χ1) is 8.77. The van der Waals surface area contributed by atoms with Crippen molar-refractivity contribution in [1.29, 1.82) is 0 Å². The Bertz CT molecular complexity index is 199. The number of ether oxygens (including phenoxy) is 2. The molecule has 0 bridgehead atoms. The van der Waals surface area contributed by atoms with Crippen LogP contribution in [0.1, 0.15) is 51.9 Å². The van der Waals surface area contributed by atoms with Gasteiger partial charge in [0, 0.05) is 18.5 Å². The van der Waals surface area contributed by atoms with E-state index in [1.165, 1.54) is 44.9 Å². The van der Waals surface area contributed by atoms with Gasteiger partial charge in [0.05, 0.1) is 13.2 Å². The van der Waals surface area contributed by atoms with E-state index in [0.717, 1.165) is 29.9 Å². The highest BCUT2D eigenvalue weighted by Gasteiger charge is 2.27. The first-order valence-electron chi connectivity index (χ1n) is 7.48. The van der Waals surface area contributed by atoms with Crippen LogP contribution in [0.25, 0.3) is 0 Å². The van der Waals surface area contributed by atoms with Gasteiger partial charge in [-0.1, -0.05) is 35.7 Å². The van der Waals surface area contributed by atoms with Gasteiger partial charge >= 0.3 is 0 Å². The highest BCUT2D eigenvalue weighted by molar-refractivity contribution is 9.09. The Balaban J connectivity index is 2.10. The number of rotatable bonds is 9. The molecule has 3 heteroatoms. The second kappa shape index (κ2) is 10.2. The molecule has 0 aliphatic heterocycles. The Morgan fingerprint density at radius 3 is 2.67 bits per heavy atom. The summed E-state index contributed by atoms with van der Waals surface area (Å²) >= 11 is 3.87. The maximum Gasteiger partial charge on any atom is 0.0700 e. The first kappa shape index (κ1) is 16.5. The molecule has 2 nitrogen and oxygen atoms in total. The number of halogens is 1. The lowest BCUT2D eigenvalue weighted by Crippen LogP contribution is -2.25. The van der Waals surface area contributed by atoms with Crippen LogP contribution in [0.2, 0.25) is 0 Å². The van der Waals surface area contributed by atoms with E-state index in [4.69, 9.17) is 9.47 Å².